The second kappa shape index (κ2) is 6.98. The van der Waals surface area contributed by atoms with Gasteiger partial charge in [0.25, 0.3) is 0 Å². The number of ether oxygens (including phenoxy) is 2. The van der Waals surface area contributed by atoms with E-state index in [-0.39, 0.29) is 17.6 Å². The van der Waals surface area contributed by atoms with Gasteiger partial charge in [0, 0.05) is 36.6 Å². The van der Waals surface area contributed by atoms with Crippen molar-refractivity contribution in [3.63, 3.8) is 0 Å². The van der Waals surface area contributed by atoms with E-state index in [4.69, 9.17) is 9.47 Å². The maximum Gasteiger partial charge on any atom is 0.407 e. The lowest BCUT2D eigenvalue weighted by Gasteiger charge is -2.60. The highest BCUT2D eigenvalue weighted by Gasteiger charge is 2.57. The van der Waals surface area contributed by atoms with Gasteiger partial charge in [0.05, 0.1) is 6.10 Å². The van der Waals surface area contributed by atoms with Crippen LogP contribution < -0.4 is 10.6 Å². The molecule has 1 amide bonds. The number of hydrogen-bond acceptors (Lipinski definition) is 4. The molecule has 2 rings (SSSR count). The lowest BCUT2D eigenvalue weighted by Crippen LogP contribution is -2.71. The van der Waals surface area contributed by atoms with Crippen molar-refractivity contribution < 1.29 is 14.3 Å². The number of carbonyl (C=O) groups excluding carboxylic acids is 1. The van der Waals surface area contributed by atoms with Gasteiger partial charge < -0.3 is 20.1 Å². The number of nitrogens with one attached hydrogen (secondary N) is 2. The smallest absolute Gasteiger partial charge is 0.407 e. The fraction of sp³-hybridized carbons (Fsp3) is 0.944. The van der Waals surface area contributed by atoms with Crippen molar-refractivity contribution in [1.82, 2.24) is 10.6 Å². The third kappa shape index (κ3) is 4.38. The van der Waals surface area contributed by atoms with Crippen molar-refractivity contribution in [3.05, 3.63) is 0 Å². The number of alkyl carbamates (subject to hydrolysis) is 1. The van der Waals surface area contributed by atoms with Gasteiger partial charge in [-0.25, -0.2) is 4.79 Å². The maximum absolute atomic E-state index is 11.8. The van der Waals surface area contributed by atoms with Crippen molar-refractivity contribution in [2.45, 2.75) is 84.6 Å². The summed E-state index contributed by atoms with van der Waals surface area (Å²) in [5, 5.41) is 6.65. The molecule has 1 saturated heterocycles. The molecule has 1 aliphatic heterocycles. The van der Waals surface area contributed by atoms with Gasteiger partial charge in [-0.3, -0.25) is 0 Å². The van der Waals surface area contributed by atoms with E-state index < -0.39 is 5.60 Å². The average molecular weight is 326 g/mol. The predicted molar refractivity (Wildman–Crippen MR) is 91.5 cm³/mol. The number of carbonyl (C=O) groups is 1. The molecule has 2 aliphatic rings. The van der Waals surface area contributed by atoms with Gasteiger partial charge in [0.15, 0.2) is 0 Å². The maximum atomic E-state index is 11.8. The van der Waals surface area contributed by atoms with Crippen LogP contribution in [0, 0.1) is 11.3 Å². The summed E-state index contributed by atoms with van der Waals surface area (Å²) < 4.78 is 11.3. The molecule has 5 heteroatoms. The Morgan fingerprint density at radius 1 is 1.39 bits per heavy atom. The van der Waals surface area contributed by atoms with Crippen molar-refractivity contribution in [2.75, 3.05) is 13.2 Å². The number of rotatable bonds is 5. The predicted octanol–water partition coefficient (Wildman–Crippen LogP) is 3.08. The van der Waals surface area contributed by atoms with Crippen LogP contribution in [0.1, 0.15) is 60.8 Å². The average Bonchev–Trinajstić information content (AvgIpc) is 2.45. The highest BCUT2D eigenvalue weighted by molar-refractivity contribution is 5.67. The molecule has 0 aromatic heterocycles. The first-order chi connectivity index (χ1) is 10.6. The molecule has 134 valence electrons. The molecule has 23 heavy (non-hydrogen) atoms. The zero-order valence-corrected chi connectivity index (χ0v) is 15.6. The van der Waals surface area contributed by atoms with Gasteiger partial charge in [-0.15, -0.1) is 0 Å². The Balaban J connectivity index is 1.84. The molecular formula is C18H34N2O3. The molecular weight excluding hydrogens is 292 g/mol. The first-order valence-corrected chi connectivity index (χ1v) is 8.99. The zero-order chi connectivity index (χ0) is 17.3. The van der Waals surface area contributed by atoms with E-state index in [0.29, 0.717) is 24.6 Å². The lowest BCUT2D eigenvalue weighted by atomic mass is 9.55. The highest BCUT2D eigenvalue weighted by atomic mass is 16.6. The quantitative estimate of drug-likeness (QED) is 0.815. The second-order valence-electron chi connectivity index (χ2n) is 8.55. The molecule has 2 fully saturated rings. The van der Waals surface area contributed by atoms with Crippen LogP contribution in [0.5, 0.6) is 0 Å². The molecule has 0 bridgehead atoms. The molecule has 2 N–H and O–H groups in total. The Labute approximate surface area is 140 Å². The summed E-state index contributed by atoms with van der Waals surface area (Å²) in [7, 11) is 0. The summed E-state index contributed by atoms with van der Waals surface area (Å²) in [5.74, 6) is 0.606. The minimum Gasteiger partial charge on any atom is -0.444 e. The van der Waals surface area contributed by atoms with Crippen molar-refractivity contribution in [3.8, 4) is 0 Å². The van der Waals surface area contributed by atoms with Crippen LogP contribution in [0.3, 0.4) is 0 Å². The highest BCUT2D eigenvalue weighted by Crippen LogP contribution is 2.51. The van der Waals surface area contributed by atoms with Crippen LogP contribution in [-0.4, -0.2) is 43.0 Å². The molecule has 1 aliphatic carbocycles. The van der Waals surface area contributed by atoms with E-state index >= 15 is 0 Å². The van der Waals surface area contributed by atoms with E-state index in [2.05, 4.69) is 31.4 Å². The standard InChI is InChI=1S/C18H34N2O3/c1-7-12(11-19-16(21)23-17(2,3)4)20-14-13-9-8-10-22-15(13)18(14,5)6/h12-15,20H,7-11H2,1-6H3,(H,19,21). The van der Waals surface area contributed by atoms with E-state index in [1.54, 1.807) is 0 Å². The largest absolute Gasteiger partial charge is 0.444 e. The fourth-order valence-electron chi connectivity index (χ4n) is 3.96. The molecule has 0 radical (unpaired) electrons. The fourth-order valence-corrected chi connectivity index (χ4v) is 3.96. The number of amides is 1. The van der Waals surface area contributed by atoms with Gasteiger partial charge >= 0.3 is 6.09 Å². The molecule has 1 saturated carbocycles. The summed E-state index contributed by atoms with van der Waals surface area (Å²) in [6.07, 6.45) is 3.40. The van der Waals surface area contributed by atoms with Crippen molar-refractivity contribution >= 4 is 6.09 Å². The Bertz CT molecular complexity index is 417. The Morgan fingerprint density at radius 3 is 2.70 bits per heavy atom. The summed E-state index contributed by atoms with van der Waals surface area (Å²) in [4.78, 5) is 11.8. The molecule has 4 unspecified atom stereocenters. The minimum absolute atomic E-state index is 0.157. The molecule has 4 atom stereocenters. The third-order valence-electron chi connectivity index (χ3n) is 5.13. The minimum atomic E-state index is -0.457. The van der Waals surface area contributed by atoms with E-state index in [1.165, 1.54) is 6.42 Å². The Morgan fingerprint density at radius 2 is 2.09 bits per heavy atom. The number of fused-ring (bicyclic) bond motifs is 1. The molecule has 0 aromatic carbocycles. The summed E-state index contributed by atoms with van der Waals surface area (Å²) in [6.45, 7) is 13.8. The lowest BCUT2D eigenvalue weighted by molar-refractivity contribution is -0.194. The molecule has 1 heterocycles. The van der Waals surface area contributed by atoms with Crippen molar-refractivity contribution in [2.24, 2.45) is 11.3 Å². The SMILES string of the molecule is CCC(CNC(=O)OC(C)(C)C)NC1C2CCCOC2C1(C)C. The molecule has 0 aromatic rings. The Kier molecular flexibility index (Phi) is 5.62. The molecule has 5 nitrogen and oxygen atoms in total. The van der Waals surface area contributed by atoms with Gasteiger partial charge in [0.2, 0.25) is 0 Å². The monoisotopic (exact) mass is 326 g/mol. The summed E-state index contributed by atoms with van der Waals surface area (Å²) >= 11 is 0. The first-order valence-electron chi connectivity index (χ1n) is 8.99. The van der Waals surface area contributed by atoms with E-state index in [9.17, 15) is 4.79 Å². The van der Waals surface area contributed by atoms with Crippen molar-refractivity contribution in [1.29, 1.82) is 0 Å². The Hall–Kier alpha value is -0.810. The number of hydrogen-bond donors (Lipinski definition) is 2. The first kappa shape index (κ1) is 18.5. The van der Waals surface area contributed by atoms with Crippen LogP contribution in [-0.2, 0) is 9.47 Å². The second-order valence-corrected chi connectivity index (χ2v) is 8.55. The van der Waals surface area contributed by atoms with Gasteiger partial charge in [-0.05, 0) is 40.0 Å². The van der Waals surface area contributed by atoms with Crippen LogP contribution in [0.2, 0.25) is 0 Å². The molecule has 0 spiro atoms. The van der Waals surface area contributed by atoms with Crippen LogP contribution in [0.4, 0.5) is 4.79 Å². The third-order valence-corrected chi connectivity index (χ3v) is 5.13. The van der Waals surface area contributed by atoms with Gasteiger partial charge in [-0.2, -0.15) is 0 Å². The van der Waals surface area contributed by atoms with Gasteiger partial charge in [0.1, 0.15) is 5.60 Å². The van der Waals surface area contributed by atoms with Crippen LogP contribution in [0.25, 0.3) is 0 Å². The summed E-state index contributed by atoms with van der Waals surface area (Å²) in [6, 6.07) is 0.716. The van der Waals surface area contributed by atoms with Crippen LogP contribution in [0.15, 0.2) is 0 Å². The summed E-state index contributed by atoms with van der Waals surface area (Å²) in [5.41, 5.74) is -0.299. The zero-order valence-electron chi connectivity index (χ0n) is 15.6. The van der Waals surface area contributed by atoms with E-state index in [0.717, 1.165) is 19.4 Å². The van der Waals surface area contributed by atoms with Crippen LogP contribution >= 0.6 is 0 Å². The van der Waals surface area contributed by atoms with Gasteiger partial charge in [-0.1, -0.05) is 20.8 Å². The van der Waals surface area contributed by atoms with E-state index in [1.807, 2.05) is 20.8 Å². The topological polar surface area (TPSA) is 59.6 Å². The normalized spacial score (nSPS) is 30.8.